The maximum absolute atomic E-state index is 12.9. The summed E-state index contributed by atoms with van der Waals surface area (Å²) in [5, 5.41) is 0. The lowest BCUT2D eigenvalue weighted by atomic mass is 9.93. The predicted molar refractivity (Wildman–Crippen MR) is 83.3 cm³/mol. The van der Waals surface area contributed by atoms with Gasteiger partial charge in [-0.2, -0.15) is 0 Å². The van der Waals surface area contributed by atoms with Crippen LogP contribution in [0, 0.1) is 0 Å². The molecule has 3 aliphatic rings. The summed E-state index contributed by atoms with van der Waals surface area (Å²) in [5.74, 6) is -1.74. The van der Waals surface area contributed by atoms with Gasteiger partial charge in [0.05, 0.1) is 0 Å². The summed E-state index contributed by atoms with van der Waals surface area (Å²) in [4.78, 5) is 12.9. The number of carbonyl (C=O) groups excluding carboxylic acids is 1. The molecule has 1 aromatic rings. The summed E-state index contributed by atoms with van der Waals surface area (Å²) in [5.41, 5.74) is 0.575. The van der Waals surface area contributed by atoms with Crippen molar-refractivity contribution in [3.05, 3.63) is 35.9 Å². The predicted octanol–water partition coefficient (Wildman–Crippen LogP) is 2.27. The molecular weight excluding hydrogens is 312 g/mol. The number of ether oxygens (including phenoxy) is 5. The molecule has 0 bridgehead atoms. The van der Waals surface area contributed by atoms with E-state index in [2.05, 4.69) is 0 Å². The summed E-state index contributed by atoms with van der Waals surface area (Å²) < 4.78 is 29.7. The Morgan fingerprint density at radius 3 is 2.12 bits per heavy atom. The largest absolute Gasteiger partial charge is 0.342 e. The lowest BCUT2D eigenvalue weighted by molar-refractivity contribution is -0.221. The Balaban J connectivity index is 1.67. The second-order valence-corrected chi connectivity index (χ2v) is 7.32. The Labute approximate surface area is 141 Å². The van der Waals surface area contributed by atoms with Crippen LogP contribution in [0.25, 0.3) is 0 Å². The van der Waals surface area contributed by atoms with Gasteiger partial charge in [-0.1, -0.05) is 30.3 Å². The fraction of sp³-hybridized carbons (Fsp3) is 0.611. The first kappa shape index (κ1) is 16.2. The highest BCUT2D eigenvalue weighted by Gasteiger charge is 2.62. The van der Waals surface area contributed by atoms with Gasteiger partial charge < -0.3 is 23.7 Å². The molecule has 3 fully saturated rings. The molecule has 4 rings (SSSR count). The smallest absolute Gasteiger partial charge is 0.194 e. The van der Waals surface area contributed by atoms with Gasteiger partial charge in [0.1, 0.15) is 18.3 Å². The van der Waals surface area contributed by atoms with E-state index < -0.39 is 42.3 Å². The number of fused-ring (bicyclic) bond motifs is 3. The molecule has 0 N–H and O–H groups in total. The second-order valence-electron chi connectivity index (χ2n) is 7.32. The SMILES string of the molecule is CC1(C)O[C@@H]2[C@@H](O1)[C@H](C(=O)c1ccccc1)O[C@H]1OC(C)(C)O[C@@H]12. The third-order valence-electron chi connectivity index (χ3n) is 4.47. The number of hydrogen-bond acceptors (Lipinski definition) is 6. The number of benzene rings is 1. The summed E-state index contributed by atoms with van der Waals surface area (Å²) in [6.07, 6.45) is -2.83. The molecule has 6 heteroatoms. The Morgan fingerprint density at radius 1 is 0.833 bits per heavy atom. The van der Waals surface area contributed by atoms with E-state index in [-0.39, 0.29) is 5.78 Å². The van der Waals surface area contributed by atoms with Crippen molar-refractivity contribution < 1.29 is 28.5 Å². The van der Waals surface area contributed by atoms with Gasteiger partial charge in [-0.15, -0.1) is 0 Å². The molecule has 1 aromatic carbocycles. The van der Waals surface area contributed by atoms with Crippen molar-refractivity contribution in [2.24, 2.45) is 0 Å². The lowest BCUT2D eigenvalue weighted by Gasteiger charge is -2.36. The number of hydrogen-bond donors (Lipinski definition) is 0. The van der Waals surface area contributed by atoms with E-state index in [1.54, 1.807) is 12.1 Å². The van der Waals surface area contributed by atoms with Gasteiger partial charge in [0.15, 0.2) is 29.8 Å². The van der Waals surface area contributed by atoms with E-state index in [1.165, 1.54) is 0 Å². The topological polar surface area (TPSA) is 63.2 Å². The Hall–Kier alpha value is -1.31. The standard InChI is InChI=1S/C18H22O6/c1-17(2)21-13-12(11(19)10-8-6-5-7-9-10)20-16-15(14(13)22-17)23-18(3,4)24-16/h5-9,12-16H,1-4H3/t12-,13-,14+,15+,16-/m0/s1. The molecule has 0 saturated carbocycles. The minimum atomic E-state index is -0.807. The Morgan fingerprint density at radius 2 is 1.42 bits per heavy atom. The average molecular weight is 334 g/mol. The van der Waals surface area contributed by atoms with Crippen LogP contribution in [0.3, 0.4) is 0 Å². The van der Waals surface area contributed by atoms with E-state index >= 15 is 0 Å². The van der Waals surface area contributed by atoms with E-state index in [0.29, 0.717) is 5.56 Å². The van der Waals surface area contributed by atoms with Gasteiger partial charge in [0, 0.05) is 5.56 Å². The Kier molecular flexibility index (Phi) is 3.60. The van der Waals surface area contributed by atoms with Gasteiger partial charge in [-0.05, 0) is 27.7 Å². The van der Waals surface area contributed by atoms with Crippen molar-refractivity contribution in [1.82, 2.24) is 0 Å². The van der Waals surface area contributed by atoms with Gasteiger partial charge in [-0.25, -0.2) is 0 Å². The van der Waals surface area contributed by atoms with E-state index in [9.17, 15) is 4.79 Å². The van der Waals surface area contributed by atoms with Crippen molar-refractivity contribution in [2.75, 3.05) is 0 Å². The quantitative estimate of drug-likeness (QED) is 0.773. The third kappa shape index (κ3) is 2.68. The van der Waals surface area contributed by atoms with Crippen LogP contribution in [0.5, 0.6) is 0 Å². The monoisotopic (exact) mass is 334 g/mol. The summed E-state index contributed by atoms with van der Waals surface area (Å²) in [7, 11) is 0. The van der Waals surface area contributed by atoms with Crippen molar-refractivity contribution in [3.8, 4) is 0 Å². The second kappa shape index (κ2) is 5.34. The molecule has 0 aliphatic carbocycles. The highest BCUT2D eigenvalue weighted by atomic mass is 16.9. The van der Waals surface area contributed by atoms with Crippen LogP contribution >= 0.6 is 0 Å². The average Bonchev–Trinajstić information content (AvgIpc) is 3.00. The molecule has 6 nitrogen and oxygen atoms in total. The molecule has 3 aliphatic heterocycles. The molecule has 0 radical (unpaired) electrons. The summed E-state index contributed by atoms with van der Waals surface area (Å²) in [6.45, 7) is 7.29. The number of carbonyl (C=O) groups is 1. The maximum Gasteiger partial charge on any atom is 0.194 e. The maximum atomic E-state index is 12.9. The van der Waals surface area contributed by atoms with Crippen molar-refractivity contribution in [3.63, 3.8) is 0 Å². The first-order chi connectivity index (χ1) is 11.3. The van der Waals surface area contributed by atoms with Gasteiger partial charge in [-0.3, -0.25) is 4.79 Å². The summed E-state index contributed by atoms with van der Waals surface area (Å²) >= 11 is 0. The molecule has 5 atom stereocenters. The minimum absolute atomic E-state index is 0.140. The van der Waals surface area contributed by atoms with Gasteiger partial charge in [0.2, 0.25) is 0 Å². The van der Waals surface area contributed by atoms with Crippen LogP contribution in [-0.4, -0.2) is 48.1 Å². The molecule has 130 valence electrons. The molecule has 0 unspecified atom stereocenters. The molecule has 0 spiro atoms. The molecule has 24 heavy (non-hydrogen) atoms. The van der Waals surface area contributed by atoms with E-state index in [4.69, 9.17) is 23.7 Å². The van der Waals surface area contributed by atoms with Crippen LogP contribution in [0.1, 0.15) is 38.1 Å². The molecular formula is C18H22O6. The number of Topliss-reactive ketones (excluding diaryl/α,β-unsaturated/α-hetero) is 1. The Bertz CT molecular complexity index is 640. The zero-order chi connectivity index (χ0) is 17.1. The zero-order valence-electron chi connectivity index (χ0n) is 14.2. The highest BCUT2D eigenvalue weighted by molar-refractivity contribution is 6.00. The first-order valence-corrected chi connectivity index (χ1v) is 8.22. The van der Waals surface area contributed by atoms with Crippen LogP contribution in [0.2, 0.25) is 0 Å². The van der Waals surface area contributed by atoms with Gasteiger partial charge >= 0.3 is 0 Å². The fourth-order valence-electron chi connectivity index (χ4n) is 3.59. The van der Waals surface area contributed by atoms with E-state index in [1.807, 2.05) is 45.9 Å². The lowest BCUT2D eigenvalue weighted by Crippen LogP contribution is -2.57. The fourth-order valence-corrected chi connectivity index (χ4v) is 3.59. The van der Waals surface area contributed by atoms with Crippen LogP contribution in [0.4, 0.5) is 0 Å². The zero-order valence-corrected chi connectivity index (χ0v) is 14.2. The first-order valence-electron chi connectivity index (χ1n) is 8.22. The summed E-state index contributed by atoms with van der Waals surface area (Å²) in [6, 6.07) is 9.05. The molecule has 3 saturated heterocycles. The van der Waals surface area contributed by atoms with E-state index in [0.717, 1.165) is 0 Å². The van der Waals surface area contributed by atoms with Crippen molar-refractivity contribution >= 4 is 5.78 Å². The normalized spacial score (nSPS) is 39.2. The number of ketones is 1. The molecule has 3 heterocycles. The molecule has 0 amide bonds. The van der Waals surface area contributed by atoms with Crippen LogP contribution in [0.15, 0.2) is 30.3 Å². The highest BCUT2D eigenvalue weighted by Crippen LogP contribution is 2.44. The van der Waals surface area contributed by atoms with Crippen molar-refractivity contribution in [1.29, 1.82) is 0 Å². The molecule has 0 aromatic heterocycles. The number of rotatable bonds is 2. The third-order valence-corrected chi connectivity index (χ3v) is 4.47. The van der Waals surface area contributed by atoms with Gasteiger partial charge in [0.25, 0.3) is 0 Å². The van der Waals surface area contributed by atoms with Crippen LogP contribution < -0.4 is 0 Å². The minimum Gasteiger partial charge on any atom is -0.342 e. The van der Waals surface area contributed by atoms with Crippen molar-refractivity contribution in [2.45, 2.75) is 70.0 Å². The van der Waals surface area contributed by atoms with Crippen LogP contribution in [-0.2, 0) is 23.7 Å².